The van der Waals surface area contributed by atoms with Crippen molar-refractivity contribution in [1.29, 1.82) is 0 Å². The molecule has 0 aliphatic carbocycles. The van der Waals surface area contributed by atoms with Crippen LogP contribution in [-0.2, 0) is 14.8 Å². The van der Waals surface area contributed by atoms with Crippen molar-refractivity contribution in [3.05, 3.63) is 65.7 Å². The van der Waals surface area contributed by atoms with Gasteiger partial charge in [-0.15, -0.1) is 0 Å². The Labute approximate surface area is 172 Å². The Kier molecular flexibility index (Phi) is 6.72. The Morgan fingerprint density at radius 2 is 1.66 bits per heavy atom. The largest absolute Gasteiger partial charge is 0.373 e. The van der Waals surface area contributed by atoms with Crippen LogP contribution in [0.4, 0.5) is 0 Å². The predicted molar refractivity (Wildman–Crippen MR) is 112 cm³/mol. The molecule has 1 amide bonds. The van der Waals surface area contributed by atoms with Gasteiger partial charge in [0.15, 0.2) is 0 Å². The van der Waals surface area contributed by atoms with Crippen molar-refractivity contribution in [2.24, 2.45) is 0 Å². The highest BCUT2D eigenvalue weighted by atomic mass is 32.2. The van der Waals surface area contributed by atoms with Crippen molar-refractivity contribution in [2.75, 3.05) is 19.6 Å². The van der Waals surface area contributed by atoms with Crippen LogP contribution in [0.3, 0.4) is 0 Å². The van der Waals surface area contributed by atoms with Gasteiger partial charge in [0.05, 0.1) is 17.1 Å². The number of carbonyl (C=O) groups is 1. The number of hydrogen-bond acceptors (Lipinski definition) is 4. The second-order valence-corrected chi connectivity index (χ2v) is 9.56. The van der Waals surface area contributed by atoms with Crippen LogP contribution in [0.15, 0.2) is 59.5 Å². The lowest BCUT2D eigenvalue weighted by Gasteiger charge is -2.34. The molecule has 2 aromatic rings. The molecule has 3 rings (SSSR count). The lowest BCUT2D eigenvalue weighted by atomic mass is 10.0. The monoisotopic (exact) mass is 416 g/mol. The topological polar surface area (TPSA) is 75.7 Å². The summed E-state index contributed by atoms with van der Waals surface area (Å²) < 4.78 is 32.9. The summed E-state index contributed by atoms with van der Waals surface area (Å²) in [6.07, 6.45) is -0.296. The standard InChI is InChI=1S/C22H28N2O4S/c1-16(19-7-5-4-6-8-19)13-23-22(25)20-9-11-21(12-10-20)29(26,27)24-14-17(2)28-18(3)15-24/h4-12,16-18H,13-15H2,1-3H3,(H,23,25). The highest BCUT2D eigenvalue weighted by Crippen LogP contribution is 2.21. The number of carbonyl (C=O) groups excluding carboxylic acids is 1. The van der Waals surface area contributed by atoms with Crippen LogP contribution in [0.5, 0.6) is 0 Å². The molecule has 0 bridgehead atoms. The van der Waals surface area contributed by atoms with E-state index in [1.165, 1.54) is 16.4 Å². The second-order valence-electron chi connectivity index (χ2n) is 7.63. The number of rotatable bonds is 6. The zero-order chi connectivity index (χ0) is 21.0. The Morgan fingerprint density at radius 3 is 2.24 bits per heavy atom. The lowest BCUT2D eigenvalue weighted by molar-refractivity contribution is -0.0440. The van der Waals surface area contributed by atoms with E-state index in [-0.39, 0.29) is 28.9 Å². The molecule has 1 aliphatic heterocycles. The summed E-state index contributed by atoms with van der Waals surface area (Å²) in [5.74, 6) is -0.0320. The molecule has 156 valence electrons. The molecule has 0 aromatic heterocycles. The van der Waals surface area contributed by atoms with Gasteiger partial charge in [0.1, 0.15) is 0 Å². The maximum Gasteiger partial charge on any atom is 0.251 e. The molecular weight excluding hydrogens is 388 g/mol. The minimum absolute atomic E-state index is 0.148. The molecule has 3 atom stereocenters. The molecular formula is C22H28N2O4S. The average molecular weight is 417 g/mol. The van der Waals surface area contributed by atoms with Gasteiger partial charge in [-0.05, 0) is 49.6 Å². The average Bonchev–Trinajstić information content (AvgIpc) is 2.71. The van der Waals surface area contributed by atoms with E-state index < -0.39 is 10.0 Å². The first-order valence-electron chi connectivity index (χ1n) is 9.86. The van der Waals surface area contributed by atoms with Gasteiger partial charge in [0.25, 0.3) is 5.91 Å². The van der Waals surface area contributed by atoms with Crippen LogP contribution in [0.1, 0.15) is 42.6 Å². The number of nitrogens with zero attached hydrogens (tertiary/aromatic N) is 1. The number of nitrogens with one attached hydrogen (secondary N) is 1. The number of amides is 1. The van der Waals surface area contributed by atoms with Crippen LogP contribution < -0.4 is 5.32 Å². The van der Waals surface area contributed by atoms with Crippen molar-refractivity contribution in [2.45, 2.75) is 43.8 Å². The zero-order valence-corrected chi connectivity index (χ0v) is 17.9. The Bertz CT molecular complexity index is 919. The van der Waals surface area contributed by atoms with E-state index in [0.717, 1.165) is 5.56 Å². The normalized spacial score (nSPS) is 21.5. The molecule has 7 heteroatoms. The van der Waals surface area contributed by atoms with Crippen molar-refractivity contribution >= 4 is 15.9 Å². The quantitative estimate of drug-likeness (QED) is 0.785. The fourth-order valence-corrected chi connectivity index (χ4v) is 5.09. The van der Waals surface area contributed by atoms with Crippen LogP contribution in [-0.4, -0.2) is 50.5 Å². The van der Waals surface area contributed by atoms with Crippen LogP contribution in [0.2, 0.25) is 0 Å². The fourth-order valence-electron chi connectivity index (χ4n) is 3.50. The third-order valence-electron chi connectivity index (χ3n) is 5.08. The van der Waals surface area contributed by atoms with Crippen LogP contribution in [0.25, 0.3) is 0 Å². The number of morpholine rings is 1. The summed E-state index contributed by atoms with van der Waals surface area (Å²) in [7, 11) is -3.61. The molecule has 2 aromatic carbocycles. The molecule has 3 unspecified atom stereocenters. The van der Waals surface area contributed by atoms with Gasteiger partial charge in [-0.1, -0.05) is 37.3 Å². The Balaban J connectivity index is 1.64. The third-order valence-corrected chi connectivity index (χ3v) is 6.92. The van der Waals surface area contributed by atoms with Crippen molar-refractivity contribution in [3.63, 3.8) is 0 Å². The molecule has 1 N–H and O–H groups in total. The number of ether oxygens (including phenoxy) is 1. The second kappa shape index (κ2) is 9.07. The van der Waals surface area contributed by atoms with E-state index in [9.17, 15) is 13.2 Å². The molecule has 1 saturated heterocycles. The smallest absolute Gasteiger partial charge is 0.251 e. The predicted octanol–water partition coefficient (Wildman–Crippen LogP) is 3.02. The highest BCUT2D eigenvalue weighted by molar-refractivity contribution is 7.89. The van der Waals surface area contributed by atoms with E-state index >= 15 is 0 Å². The van der Waals surface area contributed by atoms with Gasteiger partial charge in [0, 0.05) is 25.2 Å². The summed E-state index contributed by atoms with van der Waals surface area (Å²) in [5, 5.41) is 2.92. The molecule has 29 heavy (non-hydrogen) atoms. The highest BCUT2D eigenvalue weighted by Gasteiger charge is 2.32. The Morgan fingerprint density at radius 1 is 1.07 bits per heavy atom. The van der Waals surface area contributed by atoms with E-state index in [4.69, 9.17) is 4.74 Å². The summed E-state index contributed by atoms with van der Waals surface area (Å²) in [5.41, 5.74) is 1.59. The summed E-state index contributed by atoms with van der Waals surface area (Å²) in [6.45, 7) is 6.94. The molecule has 6 nitrogen and oxygen atoms in total. The van der Waals surface area contributed by atoms with E-state index in [0.29, 0.717) is 25.2 Å². The maximum atomic E-state index is 12.9. The summed E-state index contributed by atoms with van der Waals surface area (Å²) in [6, 6.07) is 16.1. The molecule has 1 fully saturated rings. The minimum Gasteiger partial charge on any atom is -0.373 e. The maximum absolute atomic E-state index is 12.9. The Hall–Kier alpha value is -2.22. The molecule has 1 heterocycles. The van der Waals surface area contributed by atoms with E-state index in [2.05, 4.69) is 12.2 Å². The van der Waals surface area contributed by atoms with E-state index in [1.54, 1.807) is 12.1 Å². The van der Waals surface area contributed by atoms with Crippen molar-refractivity contribution in [3.8, 4) is 0 Å². The van der Waals surface area contributed by atoms with Crippen molar-refractivity contribution in [1.82, 2.24) is 9.62 Å². The van der Waals surface area contributed by atoms with Crippen LogP contribution in [0, 0.1) is 0 Å². The van der Waals surface area contributed by atoms with Gasteiger partial charge in [-0.25, -0.2) is 8.42 Å². The zero-order valence-electron chi connectivity index (χ0n) is 17.0. The van der Waals surface area contributed by atoms with Crippen molar-refractivity contribution < 1.29 is 17.9 Å². The van der Waals surface area contributed by atoms with Gasteiger partial charge >= 0.3 is 0 Å². The number of sulfonamides is 1. The fraction of sp³-hybridized carbons (Fsp3) is 0.409. The van der Waals surface area contributed by atoms with Crippen LogP contribution >= 0.6 is 0 Å². The third kappa shape index (κ3) is 5.23. The van der Waals surface area contributed by atoms with Gasteiger partial charge in [0.2, 0.25) is 10.0 Å². The first-order chi connectivity index (χ1) is 13.8. The first-order valence-corrected chi connectivity index (χ1v) is 11.3. The summed E-state index contributed by atoms with van der Waals surface area (Å²) >= 11 is 0. The lowest BCUT2D eigenvalue weighted by Crippen LogP contribution is -2.48. The summed E-state index contributed by atoms with van der Waals surface area (Å²) in [4.78, 5) is 12.6. The van der Waals surface area contributed by atoms with Gasteiger partial charge in [-0.3, -0.25) is 4.79 Å². The van der Waals surface area contributed by atoms with Gasteiger partial charge < -0.3 is 10.1 Å². The van der Waals surface area contributed by atoms with E-state index in [1.807, 2.05) is 44.2 Å². The first kappa shape index (κ1) is 21.5. The SMILES string of the molecule is CC1CN(S(=O)(=O)c2ccc(C(=O)NCC(C)c3ccccc3)cc2)CC(C)O1. The van der Waals surface area contributed by atoms with Gasteiger partial charge in [-0.2, -0.15) is 4.31 Å². The molecule has 0 saturated carbocycles. The molecule has 0 spiro atoms. The molecule has 0 radical (unpaired) electrons. The molecule has 1 aliphatic rings. The number of hydrogen-bond donors (Lipinski definition) is 1. The number of benzene rings is 2. The minimum atomic E-state index is -3.61.